The first-order valence-electron chi connectivity index (χ1n) is 13.2. The van der Waals surface area contributed by atoms with Crippen molar-refractivity contribution < 1.29 is 23.0 Å². The monoisotopic (exact) mass is 518 g/mol. The summed E-state index contributed by atoms with van der Waals surface area (Å²) in [6, 6.07) is 7.31. The molecule has 2 fully saturated rings. The minimum absolute atomic E-state index is 0.190. The van der Waals surface area contributed by atoms with Crippen LogP contribution in [0.1, 0.15) is 45.4 Å². The molecule has 1 atom stereocenters. The summed E-state index contributed by atoms with van der Waals surface area (Å²) in [5, 5.41) is 10.4. The quantitative estimate of drug-likeness (QED) is 0.387. The first kappa shape index (κ1) is 27.7. The molecule has 37 heavy (non-hydrogen) atoms. The topological polar surface area (TPSA) is 76.7 Å². The van der Waals surface area contributed by atoms with E-state index in [0.29, 0.717) is 50.0 Å². The Bertz CT molecular complexity index is 1010. The second-order valence-electron chi connectivity index (χ2n) is 10.3. The van der Waals surface area contributed by atoms with Crippen molar-refractivity contribution in [1.82, 2.24) is 10.3 Å². The highest BCUT2D eigenvalue weighted by atomic mass is 19.1. The Hall–Kier alpha value is -2.33. The van der Waals surface area contributed by atoms with Crippen LogP contribution >= 0.6 is 0 Å². The van der Waals surface area contributed by atoms with Crippen molar-refractivity contribution in [2.45, 2.75) is 69.2 Å². The molecule has 7 nitrogen and oxygen atoms in total. The van der Waals surface area contributed by atoms with Gasteiger partial charge in [0.25, 0.3) is 0 Å². The van der Waals surface area contributed by atoms with E-state index >= 15 is 0 Å². The van der Waals surface area contributed by atoms with Gasteiger partial charge < -0.3 is 30.2 Å². The van der Waals surface area contributed by atoms with Crippen LogP contribution in [0.2, 0.25) is 0 Å². The van der Waals surface area contributed by atoms with Crippen molar-refractivity contribution in [3.63, 3.8) is 0 Å². The van der Waals surface area contributed by atoms with Gasteiger partial charge in [0, 0.05) is 81.8 Å². The molecule has 0 spiro atoms. The number of benzene rings is 1. The summed E-state index contributed by atoms with van der Waals surface area (Å²) in [5.74, 6) is -0.482. The van der Waals surface area contributed by atoms with E-state index < -0.39 is 11.6 Å². The van der Waals surface area contributed by atoms with E-state index in [-0.39, 0.29) is 22.8 Å². The van der Waals surface area contributed by atoms with Crippen molar-refractivity contribution in [2.24, 2.45) is 0 Å². The third-order valence-corrected chi connectivity index (χ3v) is 7.58. The van der Waals surface area contributed by atoms with Crippen LogP contribution in [0, 0.1) is 11.6 Å². The molecule has 1 saturated heterocycles. The number of nitrogens with zero attached hydrogens (tertiary/aromatic N) is 1. The molecular formula is C28H40F2N4O3. The Morgan fingerprint density at radius 1 is 1.03 bits per heavy atom. The smallest absolute Gasteiger partial charge is 0.149 e. The summed E-state index contributed by atoms with van der Waals surface area (Å²) in [5.41, 5.74) is 0.766. The predicted molar refractivity (Wildman–Crippen MR) is 142 cm³/mol. The van der Waals surface area contributed by atoms with Crippen LogP contribution in [-0.2, 0) is 14.2 Å². The van der Waals surface area contributed by atoms with Crippen LogP contribution in [0.4, 0.5) is 20.3 Å². The molecule has 1 aliphatic heterocycles. The lowest BCUT2D eigenvalue weighted by Crippen LogP contribution is -2.44. The first-order chi connectivity index (χ1) is 17.9. The third kappa shape index (κ3) is 7.37. The van der Waals surface area contributed by atoms with E-state index in [1.807, 2.05) is 0 Å². The fourth-order valence-corrected chi connectivity index (χ4v) is 5.34. The Balaban J connectivity index is 1.41. The van der Waals surface area contributed by atoms with Crippen molar-refractivity contribution in [3.8, 4) is 11.1 Å². The average molecular weight is 519 g/mol. The summed E-state index contributed by atoms with van der Waals surface area (Å²) in [6.45, 7) is 4.67. The fourth-order valence-electron chi connectivity index (χ4n) is 5.34. The van der Waals surface area contributed by atoms with Crippen molar-refractivity contribution in [1.29, 1.82) is 0 Å². The van der Waals surface area contributed by atoms with Crippen LogP contribution in [0.25, 0.3) is 11.1 Å². The molecule has 9 heteroatoms. The number of hydrogen-bond donors (Lipinski definition) is 3. The second kappa shape index (κ2) is 13.0. The highest BCUT2D eigenvalue weighted by Crippen LogP contribution is 2.32. The molecule has 1 aliphatic carbocycles. The van der Waals surface area contributed by atoms with E-state index in [1.165, 1.54) is 12.3 Å². The Labute approximate surface area is 218 Å². The minimum Gasteiger partial charge on any atom is -0.383 e. The summed E-state index contributed by atoms with van der Waals surface area (Å²) >= 11 is 0. The van der Waals surface area contributed by atoms with E-state index in [2.05, 4.69) is 27.9 Å². The molecule has 204 valence electrons. The zero-order valence-electron chi connectivity index (χ0n) is 22.1. The van der Waals surface area contributed by atoms with Gasteiger partial charge in [-0.15, -0.1) is 0 Å². The van der Waals surface area contributed by atoms with Crippen LogP contribution < -0.4 is 16.0 Å². The number of halogens is 2. The summed E-state index contributed by atoms with van der Waals surface area (Å²) < 4.78 is 46.2. The lowest BCUT2D eigenvalue weighted by molar-refractivity contribution is -0.0807. The van der Waals surface area contributed by atoms with E-state index in [1.54, 1.807) is 32.4 Å². The van der Waals surface area contributed by atoms with Gasteiger partial charge in [-0.1, -0.05) is 0 Å². The molecule has 1 aromatic carbocycles. The van der Waals surface area contributed by atoms with Crippen molar-refractivity contribution in [3.05, 3.63) is 42.1 Å². The molecule has 0 amide bonds. The molecule has 0 radical (unpaired) electrons. The van der Waals surface area contributed by atoms with Gasteiger partial charge in [-0.2, -0.15) is 0 Å². The summed E-state index contributed by atoms with van der Waals surface area (Å²) in [7, 11) is 3.42. The van der Waals surface area contributed by atoms with E-state index in [0.717, 1.165) is 38.5 Å². The van der Waals surface area contributed by atoms with Gasteiger partial charge in [0.15, 0.2) is 0 Å². The molecule has 2 aromatic rings. The number of methoxy groups -OCH3 is 2. The molecule has 1 saturated carbocycles. The summed E-state index contributed by atoms with van der Waals surface area (Å²) in [4.78, 5) is 4.24. The highest BCUT2D eigenvalue weighted by Gasteiger charge is 2.32. The average Bonchev–Trinajstić information content (AvgIpc) is 2.91. The standard InChI is InChI=1S/C28H40F2N4O3/c1-19(17-35-2)33-20-4-6-21(7-5-20)34-27-15-24(26(30)16-31-27)23-14-22(8-9-25(23)29)32-18-28(36-3)10-12-37-13-11-28/h8-9,14-16,19-21,32-33H,4-7,10-13,17-18H2,1-3H3,(H,31,34)/t19-,20-,21-/m0/s1. The number of rotatable bonds is 11. The lowest BCUT2D eigenvalue weighted by atomic mass is 9.90. The number of ether oxygens (including phenoxy) is 3. The molecule has 2 aliphatic rings. The van der Waals surface area contributed by atoms with Gasteiger partial charge >= 0.3 is 0 Å². The van der Waals surface area contributed by atoms with Crippen LogP contribution in [0.3, 0.4) is 0 Å². The largest absolute Gasteiger partial charge is 0.383 e. The maximum absolute atomic E-state index is 14.9. The van der Waals surface area contributed by atoms with Gasteiger partial charge in [0.05, 0.1) is 18.4 Å². The van der Waals surface area contributed by atoms with E-state index in [4.69, 9.17) is 14.2 Å². The normalized spacial score (nSPS) is 22.4. The Kier molecular flexibility index (Phi) is 9.70. The minimum atomic E-state index is -0.556. The van der Waals surface area contributed by atoms with Crippen LogP contribution in [0.15, 0.2) is 30.5 Å². The number of nitrogens with one attached hydrogen (secondary N) is 3. The second-order valence-corrected chi connectivity index (χ2v) is 10.3. The molecule has 0 unspecified atom stereocenters. The van der Waals surface area contributed by atoms with Gasteiger partial charge in [-0.3, -0.25) is 0 Å². The van der Waals surface area contributed by atoms with Gasteiger partial charge in [0.2, 0.25) is 0 Å². The number of pyridine rings is 1. The molecule has 1 aromatic heterocycles. The zero-order valence-corrected chi connectivity index (χ0v) is 22.1. The van der Waals surface area contributed by atoms with Gasteiger partial charge in [0.1, 0.15) is 17.5 Å². The van der Waals surface area contributed by atoms with Crippen molar-refractivity contribution >= 4 is 11.5 Å². The highest BCUT2D eigenvalue weighted by molar-refractivity contribution is 5.71. The molecule has 2 heterocycles. The van der Waals surface area contributed by atoms with Crippen LogP contribution in [-0.4, -0.2) is 69.3 Å². The lowest BCUT2D eigenvalue weighted by Gasteiger charge is -2.36. The third-order valence-electron chi connectivity index (χ3n) is 7.58. The van der Waals surface area contributed by atoms with Crippen LogP contribution in [0.5, 0.6) is 0 Å². The fraction of sp³-hybridized carbons (Fsp3) is 0.607. The maximum Gasteiger partial charge on any atom is 0.149 e. The maximum atomic E-state index is 14.9. The number of anilines is 2. The summed E-state index contributed by atoms with van der Waals surface area (Å²) in [6.07, 6.45) is 6.76. The zero-order chi connectivity index (χ0) is 26.3. The first-order valence-corrected chi connectivity index (χ1v) is 13.2. The van der Waals surface area contributed by atoms with E-state index in [9.17, 15) is 8.78 Å². The van der Waals surface area contributed by atoms with Gasteiger partial charge in [-0.25, -0.2) is 13.8 Å². The molecular weight excluding hydrogens is 478 g/mol. The number of aromatic nitrogens is 1. The van der Waals surface area contributed by atoms with Gasteiger partial charge in [-0.05, 0) is 56.9 Å². The van der Waals surface area contributed by atoms with Crippen molar-refractivity contribution in [2.75, 3.05) is 51.2 Å². The number of hydrogen-bond acceptors (Lipinski definition) is 7. The molecule has 4 rings (SSSR count). The SMILES string of the molecule is COC[C@H](C)N[C@H]1CC[C@H](Nc2cc(-c3cc(NCC4(OC)CCOCC4)ccc3F)c(F)cn2)CC1. The Morgan fingerprint density at radius 2 is 1.73 bits per heavy atom. The molecule has 3 N–H and O–H groups in total. The Morgan fingerprint density at radius 3 is 2.43 bits per heavy atom. The molecule has 0 bridgehead atoms. The predicted octanol–water partition coefficient (Wildman–Crippen LogP) is 4.98.